The largest absolute Gasteiger partial charge is 0.479 e. The zero-order valence-corrected chi connectivity index (χ0v) is 23.5. The Bertz CT molecular complexity index is 1230. The third kappa shape index (κ3) is 9.53. The molecule has 3 N–H and O–H groups in total. The molecule has 0 bridgehead atoms. The van der Waals surface area contributed by atoms with Crippen LogP contribution in [0.1, 0.15) is 43.2 Å². The minimum absolute atomic E-state index is 0.163. The molecule has 0 spiro atoms. The number of hydrogen-bond acceptors (Lipinski definition) is 5. The monoisotopic (exact) mass is 554 g/mol. The Morgan fingerprint density at radius 2 is 1.74 bits per heavy atom. The molecular weight excluding hydrogens is 516 g/mol. The first kappa shape index (κ1) is 30.4. The number of aliphatic hydroxyl groups is 1. The maximum absolute atomic E-state index is 12.9. The number of rotatable bonds is 16. The van der Waals surface area contributed by atoms with Gasteiger partial charge in [-0.15, -0.1) is 0 Å². The Kier molecular flexibility index (Phi) is 12.1. The first-order valence-electron chi connectivity index (χ1n) is 13.5. The molecule has 39 heavy (non-hydrogen) atoms. The average molecular weight is 555 g/mol. The Morgan fingerprint density at radius 3 is 2.49 bits per heavy atom. The number of carboxylic acid groups (broad SMARTS) is 1. The lowest BCUT2D eigenvalue weighted by atomic mass is 10.0. The normalized spacial score (nSPS) is 12.7. The number of benzene rings is 3. The van der Waals surface area contributed by atoms with Crippen molar-refractivity contribution in [3.05, 3.63) is 76.8 Å². The van der Waals surface area contributed by atoms with E-state index in [-0.39, 0.29) is 6.61 Å². The minimum Gasteiger partial charge on any atom is -0.479 e. The van der Waals surface area contributed by atoms with Crippen LogP contribution in [0.3, 0.4) is 0 Å². The smallest absolute Gasteiger partial charge is 0.335 e. The van der Waals surface area contributed by atoms with Crippen molar-refractivity contribution in [3.8, 4) is 0 Å². The Labute approximate surface area is 235 Å². The summed E-state index contributed by atoms with van der Waals surface area (Å²) in [6.45, 7) is 3.24. The maximum atomic E-state index is 12.9. The summed E-state index contributed by atoms with van der Waals surface area (Å²) >= 11 is 6.14. The van der Waals surface area contributed by atoms with E-state index in [0.717, 1.165) is 43.4 Å². The number of unbranched alkanes of at least 4 members (excludes halogenated alkanes) is 3. The first-order valence-corrected chi connectivity index (χ1v) is 13.9. The van der Waals surface area contributed by atoms with Crippen molar-refractivity contribution in [1.82, 2.24) is 4.90 Å². The van der Waals surface area contributed by atoms with E-state index in [4.69, 9.17) is 16.3 Å². The molecule has 0 saturated heterocycles. The molecule has 0 aliphatic heterocycles. The zero-order chi connectivity index (χ0) is 28.2. The van der Waals surface area contributed by atoms with Gasteiger partial charge >= 0.3 is 5.97 Å². The van der Waals surface area contributed by atoms with Crippen LogP contribution in [-0.4, -0.2) is 65.9 Å². The molecule has 2 atom stereocenters. The molecule has 210 valence electrons. The second-order valence-electron chi connectivity index (χ2n) is 9.92. The number of likely N-dealkylation sites (N-methyl/N-ethyl adjacent to an activating group) is 1. The topological polar surface area (TPSA) is 99.1 Å². The summed E-state index contributed by atoms with van der Waals surface area (Å²) in [5.74, 6) is -2.00. The van der Waals surface area contributed by atoms with Crippen LogP contribution in [0.4, 0.5) is 5.69 Å². The fraction of sp³-hybridized carbons (Fsp3) is 0.419. The molecule has 0 radical (unpaired) electrons. The van der Waals surface area contributed by atoms with Crippen molar-refractivity contribution < 1.29 is 24.5 Å². The van der Waals surface area contributed by atoms with E-state index in [1.54, 1.807) is 7.05 Å². The molecule has 0 heterocycles. The summed E-state index contributed by atoms with van der Waals surface area (Å²) in [4.78, 5) is 25.8. The molecule has 0 aromatic heterocycles. The number of fused-ring (bicyclic) bond motifs is 1. The highest BCUT2D eigenvalue weighted by molar-refractivity contribution is 6.31. The molecule has 3 rings (SSSR count). The zero-order valence-electron chi connectivity index (χ0n) is 22.7. The highest BCUT2D eigenvalue weighted by atomic mass is 35.5. The van der Waals surface area contributed by atoms with Crippen LogP contribution in [0.25, 0.3) is 10.8 Å². The van der Waals surface area contributed by atoms with Crippen LogP contribution in [0.5, 0.6) is 0 Å². The number of aliphatic hydroxyl groups excluding tert-OH is 1. The number of anilines is 1. The Hall–Kier alpha value is -3.13. The number of carboxylic acids is 1. The summed E-state index contributed by atoms with van der Waals surface area (Å²) in [7, 11) is 1.62. The summed E-state index contributed by atoms with van der Waals surface area (Å²) in [5.41, 5.74) is 3.21. The molecular formula is C31H39ClN2O5. The van der Waals surface area contributed by atoms with Crippen LogP contribution in [0.15, 0.2) is 60.7 Å². The van der Waals surface area contributed by atoms with Gasteiger partial charge in [0.15, 0.2) is 12.2 Å². The number of halogens is 1. The third-order valence-electron chi connectivity index (χ3n) is 6.80. The van der Waals surface area contributed by atoms with Crippen LogP contribution in [0, 0.1) is 6.92 Å². The number of hydrogen-bond donors (Lipinski definition) is 3. The van der Waals surface area contributed by atoms with Gasteiger partial charge in [0.1, 0.15) is 0 Å². The van der Waals surface area contributed by atoms with Crippen LogP contribution in [-0.2, 0) is 20.7 Å². The van der Waals surface area contributed by atoms with Gasteiger partial charge in [-0.2, -0.15) is 0 Å². The molecule has 7 nitrogen and oxygen atoms in total. The fourth-order valence-corrected chi connectivity index (χ4v) is 4.56. The molecule has 3 aromatic rings. The minimum atomic E-state index is -1.92. The van der Waals surface area contributed by atoms with Gasteiger partial charge in [0.2, 0.25) is 0 Å². The lowest BCUT2D eigenvalue weighted by Crippen LogP contribution is -2.48. The van der Waals surface area contributed by atoms with Crippen LogP contribution >= 0.6 is 11.6 Å². The van der Waals surface area contributed by atoms with Gasteiger partial charge in [0.25, 0.3) is 5.91 Å². The van der Waals surface area contributed by atoms with E-state index in [1.807, 2.05) is 37.3 Å². The van der Waals surface area contributed by atoms with Gasteiger partial charge in [0, 0.05) is 37.5 Å². The van der Waals surface area contributed by atoms with Gasteiger partial charge in [-0.1, -0.05) is 66.6 Å². The van der Waals surface area contributed by atoms with E-state index >= 15 is 0 Å². The second kappa shape index (κ2) is 15.5. The van der Waals surface area contributed by atoms with Gasteiger partial charge in [0.05, 0.1) is 0 Å². The highest BCUT2D eigenvalue weighted by Crippen LogP contribution is 2.20. The molecule has 0 unspecified atom stereocenters. The molecule has 3 aromatic carbocycles. The fourth-order valence-electron chi connectivity index (χ4n) is 4.38. The SMILES string of the molecule is Cc1ccc(NCCCCO[C@@H](C(=O)N(C)CCCCCc2ccc3ccccc3c2)[C@@H](O)C(=O)O)cc1Cl. The summed E-state index contributed by atoms with van der Waals surface area (Å²) in [6.07, 6.45) is 1.63. The van der Waals surface area contributed by atoms with Gasteiger partial charge in [-0.05, 0) is 73.1 Å². The first-order chi connectivity index (χ1) is 18.8. The molecule has 0 saturated carbocycles. The van der Waals surface area contributed by atoms with Crippen molar-refractivity contribution in [2.24, 2.45) is 0 Å². The lowest BCUT2D eigenvalue weighted by molar-refractivity contribution is -0.166. The highest BCUT2D eigenvalue weighted by Gasteiger charge is 2.34. The van der Waals surface area contributed by atoms with E-state index in [0.29, 0.717) is 24.5 Å². The number of nitrogens with one attached hydrogen (secondary N) is 1. The second-order valence-corrected chi connectivity index (χ2v) is 10.3. The lowest BCUT2D eigenvalue weighted by Gasteiger charge is -2.25. The number of aryl methyl sites for hydroxylation is 2. The summed E-state index contributed by atoms with van der Waals surface area (Å²) < 4.78 is 5.58. The quantitative estimate of drug-likeness (QED) is 0.197. The van der Waals surface area contributed by atoms with Gasteiger partial charge < -0.3 is 25.2 Å². The molecule has 1 amide bonds. The number of amides is 1. The number of carbonyl (C=O) groups is 2. The molecule has 0 fully saturated rings. The van der Waals surface area contributed by atoms with Crippen molar-refractivity contribution in [1.29, 1.82) is 0 Å². The maximum Gasteiger partial charge on any atom is 0.335 e. The van der Waals surface area contributed by atoms with Gasteiger partial charge in [-0.3, -0.25) is 4.79 Å². The predicted molar refractivity (Wildman–Crippen MR) is 156 cm³/mol. The van der Waals surface area contributed by atoms with E-state index in [1.165, 1.54) is 21.2 Å². The van der Waals surface area contributed by atoms with E-state index < -0.39 is 24.1 Å². The standard InChI is InChI=1S/C31H39ClN2O5/c1-22-13-16-26(21-27(22)32)33-17-7-9-19-39-29(28(35)31(37)38)30(36)34(2)18-8-3-4-10-23-14-15-24-11-5-6-12-25(24)20-23/h5-6,11-16,20-21,28-29,33,35H,3-4,7-10,17-19H2,1-2H3,(H,37,38)/t28-,29-/m1/s1. The molecule has 0 aliphatic carbocycles. The van der Waals surface area contributed by atoms with Crippen molar-refractivity contribution >= 4 is 39.9 Å². The predicted octanol–water partition coefficient (Wildman–Crippen LogP) is 5.70. The third-order valence-corrected chi connectivity index (χ3v) is 7.21. The van der Waals surface area contributed by atoms with Crippen LogP contribution in [0.2, 0.25) is 5.02 Å². The Balaban J connectivity index is 1.37. The average Bonchev–Trinajstić information content (AvgIpc) is 2.93. The number of carbonyl (C=O) groups excluding carboxylic acids is 1. The van der Waals surface area contributed by atoms with E-state index in [9.17, 15) is 19.8 Å². The number of nitrogens with zero attached hydrogens (tertiary/aromatic N) is 1. The summed E-state index contributed by atoms with van der Waals surface area (Å²) in [6, 6.07) is 20.6. The Morgan fingerprint density at radius 1 is 0.974 bits per heavy atom. The van der Waals surface area contributed by atoms with Gasteiger partial charge in [-0.25, -0.2) is 4.79 Å². The summed E-state index contributed by atoms with van der Waals surface area (Å²) in [5, 5.41) is 25.8. The van der Waals surface area contributed by atoms with E-state index in [2.05, 4.69) is 35.6 Å². The number of aliphatic carboxylic acids is 1. The van der Waals surface area contributed by atoms with Crippen molar-refractivity contribution in [2.75, 3.05) is 32.1 Å². The molecule has 8 heteroatoms. The van der Waals surface area contributed by atoms with Crippen molar-refractivity contribution in [2.45, 2.75) is 57.7 Å². The number of ether oxygens (including phenoxy) is 1. The van der Waals surface area contributed by atoms with Crippen LogP contribution < -0.4 is 5.32 Å². The molecule has 0 aliphatic rings. The van der Waals surface area contributed by atoms with Crippen molar-refractivity contribution in [3.63, 3.8) is 0 Å².